The average Bonchev–Trinajstić information content (AvgIpc) is 3.52. The van der Waals surface area contributed by atoms with Crippen molar-refractivity contribution in [1.29, 1.82) is 0 Å². The van der Waals surface area contributed by atoms with Gasteiger partial charge in [-0.1, -0.05) is 12.2 Å². The number of nitrogens with zero attached hydrogens (tertiary/aromatic N) is 1. The number of carbonyl (C=O) groups is 5. The number of fused-ring (bicyclic) bond motifs is 6. The summed E-state index contributed by atoms with van der Waals surface area (Å²) in [7, 11) is 0. The first-order valence-electron chi connectivity index (χ1n) is 10.4. The van der Waals surface area contributed by atoms with E-state index in [-0.39, 0.29) is 46.6 Å². The van der Waals surface area contributed by atoms with Crippen LogP contribution in [-0.4, -0.2) is 29.5 Å². The molecule has 5 amide bonds. The third-order valence-electron chi connectivity index (χ3n) is 6.85. The van der Waals surface area contributed by atoms with E-state index in [2.05, 4.69) is 10.6 Å². The van der Waals surface area contributed by atoms with Gasteiger partial charge in [0.25, 0.3) is 17.7 Å². The number of benzene rings is 2. The lowest BCUT2D eigenvalue weighted by molar-refractivity contribution is -0.123. The van der Waals surface area contributed by atoms with E-state index in [9.17, 15) is 24.0 Å². The third-order valence-corrected chi connectivity index (χ3v) is 6.85. The van der Waals surface area contributed by atoms with Gasteiger partial charge < -0.3 is 5.32 Å². The SMILES string of the molecule is O=C(Nc1ccc2c(c1)C(=O)NC2=O)c1ccc(N2C(=O)C3C4C=CC(C4)C3C2=O)cc1. The summed E-state index contributed by atoms with van der Waals surface area (Å²) in [5.41, 5.74) is 1.64. The Bertz CT molecular complexity index is 1250. The molecule has 1 saturated heterocycles. The minimum atomic E-state index is -0.501. The van der Waals surface area contributed by atoms with Crippen LogP contribution in [-0.2, 0) is 9.59 Å². The topological polar surface area (TPSA) is 113 Å². The molecular weight excluding hydrogens is 410 g/mol. The number of rotatable bonds is 3. The van der Waals surface area contributed by atoms with Crippen molar-refractivity contribution in [3.8, 4) is 0 Å². The van der Waals surface area contributed by atoms with Crippen LogP contribution in [0.25, 0.3) is 0 Å². The van der Waals surface area contributed by atoms with E-state index in [0.717, 1.165) is 6.42 Å². The van der Waals surface area contributed by atoms with Crippen LogP contribution in [0.2, 0.25) is 0 Å². The number of allylic oxidation sites excluding steroid dienone is 2. The summed E-state index contributed by atoms with van der Waals surface area (Å²) in [4.78, 5) is 63.2. The van der Waals surface area contributed by atoms with Crippen molar-refractivity contribution in [2.24, 2.45) is 23.7 Å². The summed E-state index contributed by atoms with van der Waals surface area (Å²) in [5.74, 6) is -1.98. The molecule has 0 radical (unpaired) electrons. The molecule has 4 unspecified atom stereocenters. The van der Waals surface area contributed by atoms with Gasteiger partial charge in [0.15, 0.2) is 0 Å². The van der Waals surface area contributed by atoms with Gasteiger partial charge in [0.1, 0.15) is 0 Å². The maximum Gasteiger partial charge on any atom is 0.259 e. The first-order chi connectivity index (χ1) is 15.4. The molecule has 8 heteroatoms. The highest BCUT2D eigenvalue weighted by Gasteiger charge is 2.59. The summed E-state index contributed by atoms with van der Waals surface area (Å²) in [5, 5.41) is 4.90. The molecular formula is C24H17N3O5. The van der Waals surface area contributed by atoms with Crippen molar-refractivity contribution in [2.75, 3.05) is 10.2 Å². The van der Waals surface area contributed by atoms with E-state index < -0.39 is 17.7 Å². The van der Waals surface area contributed by atoms with E-state index in [1.165, 1.54) is 17.0 Å². The Balaban J connectivity index is 1.20. The minimum Gasteiger partial charge on any atom is -0.322 e. The predicted molar refractivity (Wildman–Crippen MR) is 113 cm³/mol. The van der Waals surface area contributed by atoms with Crippen LogP contribution in [0, 0.1) is 23.7 Å². The smallest absolute Gasteiger partial charge is 0.259 e. The maximum absolute atomic E-state index is 12.9. The van der Waals surface area contributed by atoms with Crippen molar-refractivity contribution >= 4 is 40.9 Å². The first-order valence-corrected chi connectivity index (χ1v) is 10.4. The van der Waals surface area contributed by atoms with Gasteiger partial charge in [-0.05, 0) is 60.7 Å². The summed E-state index contributed by atoms with van der Waals surface area (Å²) in [6, 6.07) is 10.8. The average molecular weight is 427 g/mol. The normalized spacial score (nSPS) is 27.1. The van der Waals surface area contributed by atoms with Crippen LogP contribution >= 0.6 is 0 Å². The van der Waals surface area contributed by atoms with Gasteiger partial charge in [0, 0.05) is 11.3 Å². The second-order valence-electron chi connectivity index (χ2n) is 8.56. The molecule has 32 heavy (non-hydrogen) atoms. The molecule has 1 saturated carbocycles. The number of imide groups is 2. The molecule has 2 aromatic carbocycles. The number of amides is 5. The van der Waals surface area contributed by atoms with E-state index >= 15 is 0 Å². The van der Waals surface area contributed by atoms with Gasteiger partial charge in [-0.15, -0.1) is 0 Å². The molecule has 2 aliphatic carbocycles. The molecule has 6 rings (SSSR count). The summed E-state index contributed by atoms with van der Waals surface area (Å²) in [6.45, 7) is 0. The van der Waals surface area contributed by atoms with E-state index in [0.29, 0.717) is 16.9 Å². The fraction of sp³-hybridized carbons (Fsp3) is 0.208. The van der Waals surface area contributed by atoms with Crippen molar-refractivity contribution in [1.82, 2.24) is 5.32 Å². The highest BCUT2D eigenvalue weighted by molar-refractivity contribution is 6.23. The Morgan fingerprint density at radius 1 is 0.844 bits per heavy atom. The van der Waals surface area contributed by atoms with Gasteiger partial charge in [-0.3, -0.25) is 34.2 Å². The molecule has 2 N–H and O–H groups in total. The molecule has 8 nitrogen and oxygen atoms in total. The Morgan fingerprint density at radius 2 is 1.47 bits per heavy atom. The van der Waals surface area contributed by atoms with Crippen LogP contribution in [0.1, 0.15) is 37.5 Å². The van der Waals surface area contributed by atoms with Crippen molar-refractivity contribution in [2.45, 2.75) is 6.42 Å². The molecule has 2 aromatic rings. The molecule has 2 fully saturated rings. The van der Waals surface area contributed by atoms with Gasteiger partial charge in [-0.25, -0.2) is 0 Å². The molecule has 2 aliphatic heterocycles. The number of anilines is 2. The lowest BCUT2D eigenvalue weighted by Gasteiger charge is -2.17. The fourth-order valence-electron chi connectivity index (χ4n) is 5.37. The second-order valence-corrected chi connectivity index (χ2v) is 8.56. The van der Waals surface area contributed by atoms with Gasteiger partial charge in [-0.2, -0.15) is 0 Å². The molecule has 4 aliphatic rings. The molecule has 0 spiro atoms. The Labute approximate surface area is 182 Å². The summed E-state index contributed by atoms with van der Waals surface area (Å²) in [6.07, 6.45) is 4.97. The van der Waals surface area contributed by atoms with Gasteiger partial charge in [0.2, 0.25) is 11.8 Å². The van der Waals surface area contributed by atoms with E-state index in [1.54, 1.807) is 30.3 Å². The Hall–Kier alpha value is -4.07. The van der Waals surface area contributed by atoms with Crippen molar-refractivity contribution < 1.29 is 24.0 Å². The van der Waals surface area contributed by atoms with Crippen LogP contribution in [0.15, 0.2) is 54.6 Å². The number of hydrogen-bond donors (Lipinski definition) is 2. The predicted octanol–water partition coefficient (Wildman–Crippen LogP) is 2.13. The minimum absolute atomic E-state index is 0.140. The fourth-order valence-corrected chi connectivity index (χ4v) is 5.37. The first kappa shape index (κ1) is 18.7. The van der Waals surface area contributed by atoms with Crippen LogP contribution < -0.4 is 15.5 Å². The monoisotopic (exact) mass is 427 g/mol. The Morgan fingerprint density at radius 3 is 2.12 bits per heavy atom. The second kappa shape index (κ2) is 6.46. The van der Waals surface area contributed by atoms with Crippen molar-refractivity contribution in [3.63, 3.8) is 0 Å². The van der Waals surface area contributed by atoms with Crippen molar-refractivity contribution in [3.05, 3.63) is 71.3 Å². The molecule has 2 bridgehead atoms. The van der Waals surface area contributed by atoms with Crippen LogP contribution in [0.3, 0.4) is 0 Å². The quantitative estimate of drug-likeness (QED) is 0.576. The van der Waals surface area contributed by atoms with E-state index in [1.807, 2.05) is 12.2 Å². The standard InChI is InChI=1S/C24H17N3O5/c28-20(25-14-5-8-16-17(10-14)22(30)26-21(16)29)11-3-6-15(7-4-11)27-23(31)18-12-1-2-13(9-12)19(18)24(27)32/h1-8,10,12-13,18-19H,9H2,(H,25,28)(H,26,29,30). The number of hydrogen-bond acceptors (Lipinski definition) is 5. The third kappa shape index (κ3) is 2.52. The van der Waals surface area contributed by atoms with Crippen LogP contribution in [0.5, 0.6) is 0 Å². The van der Waals surface area contributed by atoms with Gasteiger partial charge >= 0.3 is 0 Å². The zero-order valence-corrected chi connectivity index (χ0v) is 16.7. The zero-order chi connectivity index (χ0) is 22.1. The lowest BCUT2D eigenvalue weighted by atomic mass is 9.85. The zero-order valence-electron chi connectivity index (χ0n) is 16.7. The molecule has 4 atom stereocenters. The molecule has 2 heterocycles. The highest BCUT2D eigenvalue weighted by Crippen LogP contribution is 2.53. The Kier molecular flexibility index (Phi) is 3.77. The van der Waals surface area contributed by atoms with E-state index in [4.69, 9.17) is 0 Å². The number of carbonyl (C=O) groups excluding carboxylic acids is 5. The largest absolute Gasteiger partial charge is 0.322 e. The summed E-state index contributed by atoms with van der Waals surface area (Å²) < 4.78 is 0. The molecule has 0 aromatic heterocycles. The maximum atomic E-state index is 12.9. The summed E-state index contributed by atoms with van der Waals surface area (Å²) >= 11 is 0. The lowest BCUT2D eigenvalue weighted by Crippen LogP contribution is -2.32. The molecule has 158 valence electrons. The van der Waals surface area contributed by atoms with Crippen LogP contribution in [0.4, 0.5) is 11.4 Å². The highest BCUT2D eigenvalue weighted by atomic mass is 16.2. The number of nitrogens with one attached hydrogen (secondary N) is 2. The van der Waals surface area contributed by atoms with Gasteiger partial charge in [0.05, 0.1) is 28.7 Å².